The van der Waals surface area contributed by atoms with E-state index in [-0.39, 0.29) is 23.9 Å². The average Bonchev–Trinajstić information content (AvgIpc) is 2.85. The summed E-state index contributed by atoms with van der Waals surface area (Å²) in [5.74, 6) is -0.166. The van der Waals surface area contributed by atoms with Gasteiger partial charge in [-0.25, -0.2) is 29.1 Å². The van der Waals surface area contributed by atoms with Crippen LogP contribution in [0.1, 0.15) is 12.6 Å². The van der Waals surface area contributed by atoms with Crippen LogP contribution in [0.5, 0.6) is 0 Å². The van der Waals surface area contributed by atoms with Gasteiger partial charge in [-0.1, -0.05) is 6.07 Å². The van der Waals surface area contributed by atoms with E-state index in [1.54, 1.807) is 23.2 Å². The number of nitrogens with one attached hydrogen (secondary N) is 1. The second kappa shape index (κ2) is 9.11. The highest BCUT2D eigenvalue weighted by Crippen LogP contribution is 2.33. The fourth-order valence-electron chi connectivity index (χ4n) is 4.01. The standard InChI is InChI=1S/C25H23FN6O2/c1-15-13-32(9-10-34-15)25(33)31-24-27-12-21(23(30-24)17-3-6-19(26)7-4-17)18-5-8-22-20(11-18)16(2)28-14-29-22/h3-8,11-12,14-15H,9-10,13H2,1-2H3,(H,27,30,31,33)/t15-/m1/s1. The zero-order valence-electron chi connectivity index (χ0n) is 18.8. The van der Waals surface area contributed by atoms with Crippen molar-refractivity contribution in [3.05, 3.63) is 66.5 Å². The molecule has 9 heteroatoms. The Bertz CT molecular complexity index is 1360. The molecule has 5 rings (SSSR count). The Morgan fingerprint density at radius 1 is 1.12 bits per heavy atom. The third-order valence-corrected chi connectivity index (χ3v) is 5.80. The molecule has 4 aromatic rings. The first-order valence-electron chi connectivity index (χ1n) is 11.0. The third-order valence-electron chi connectivity index (χ3n) is 5.80. The van der Waals surface area contributed by atoms with Crippen molar-refractivity contribution in [2.24, 2.45) is 0 Å². The lowest BCUT2D eigenvalue weighted by molar-refractivity contribution is -0.00141. The molecule has 8 nitrogen and oxygen atoms in total. The highest BCUT2D eigenvalue weighted by Gasteiger charge is 2.22. The van der Waals surface area contributed by atoms with Gasteiger partial charge in [-0.15, -0.1) is 0 Å². The third kappa shape index (κ3) is 4.42. The molecule has 1 atom stereocenters. The maximum Gasteiger partial charge on any atom is 0.324 e. The smallest absolute Gasteiger partial charge is 0.324 e. The number of hydrogen-bond acceptors (Lipinski definition) is 6. The first-order valence-corrected chi connectivity index (χ1v) is 11.0. The molecular formula is C25H23FN6O2. The molecule has 3 heterocycles. The Morgan fingerprint density at radius 2 is 1.91 bits per heavy atom. The number of anilines is 1. The van der Waals surface area contributed by atoms with Crippen molar-refractivity contribution >= 4 is 22.9 Å². The summed E-state index contributed by atoms with van der Waals surface area (Å²) < 4.78 is 19.1. The minimum atomic E-state index is -0.340. The van der Waals surface area contributed by atoms with Crippen molar-refractivity contribution in [3.63, 3.8) is 0 Å². The van der Waals surface area contributed by atoms with Crippen molar-refractivity contribution in [3.8, 4) is 22.4 Å². The van der Waals surface area contributed by atoms with Crippen LogP contribution in [0, 0.1) is 12.7 Å². The second-order valence-electron chi connectivity index (χ2n) is 8.21. The fraction of sp³-hybridized carbons (Fsp3) is 0.240. The number of amides is 2. The van der Waals surface area contributed by atoms with Crippen LogP contribution in [0.3, 0.4) is 0 Å². The molecule has 172 valence electrons. The van der Waals surface area contributed by atoms with Crippen LogP contribution >= 0.6 is 0 Å². The Balaban J connectivity index is 1.55. The van der Waals surface area contributed by atoms with Crippen LogP contribution in [-0.4, -0.2) is 56.7 Å². The largest absolute Gasteiger partial charge is 0.375 e. The highest BCUT2D eigenvalue weighted by atomic mass is 19.1. The van der Waals surface area contributed by atoms with E-state index >= 15 is 0 Å². The van der Waals surface area contributed by atoms with Gasteiger partial charge < -0.3 is 9.64 Å². The molecular weight excluding hydrogens is 435 g/mol. The van der Waals surface area contributed by atoms with E-state index in [1.165, 1.54) is 18.5 Å². The SMILES string of the molecule is Cc1ncnc2ccc(-c3cnc(NC(=O)N4CCO[C@H](C)C4)nc3-c3ccc(F)cc3)cc12. The number of ether oxygens (including phenoxy) is 1. The normalized spacial score (nSPS) is 16.0. The molecule has 0 radical (unpaired) electrons. The number of fused-ring (bicyclic) bond motifs is 1. The average molecular weight is 458 g/mol. The zero-order chi connectivity index (χ0) is 23.7. The monoisotopic (exact) mass is 458 g/mol. The Morgan fingerprint density at radius 3 is 2.71 bits per heavy atom. The molecule has 1 N–H and O–H groups in total. The molecule has 0 saturated carbocycles. The lowest BCUT2D eigenvalue weighted by Crippen LogP contribution is -2.46. The van der Waals surface area contributed by atoms with E-state index in [0.717, 1.165) is 27.7 Å². The van der Waals surface area contributed by atoms with Crippen LogP contribution in [-0.2, 0) is 4.74 Å². The number of hydrogen-bond donors (Lipinski definition) is 1. The van der Waals surface area contributed by atoms with Crippen molar-refractivity contribution in [1.82, 2.24) is 24.8 Å². The summed E-state index contributed by atoms with van der Waals surface area (Å²) in [7, 11) is 0. The van der Waals surface area contributed by atoms with E-state index in [1.807, 2.05) is 32.0 Å². The number of carbonyl (C=O) groups is 1. The van der Waals surface area contributed by atoms with Crippen molar-refractivity contribution in [1.29, 1.82) is 0 Å². The number of benzene rings is 2. The maximum atomic E-state index is 13.6. The van der Waals surface area contributed by atoms with Gasteiger partial charge in [0.1, 0.15) is 12.1 Å². The van der Waals surface area contributed by atoms with E-state index in [2.05, 4.69) is 25.3 Å². The van der Waals surface area contributed by atoms with Gasteiger partial charge in [0.25, 0.3) is 0 Å². The van der Waals surface area contributed by atoms with Crippen LogP contribution in [0.4, 0.5) is 15.1 Å². The molecule has 34 heavy (non-hydrogen) atoms. The summed E-state index contributed by atoms with van der Waals surface area (Å²) in [6.07, 6.45) is 3.18. The number of rotatable bonds is 3. The van der Waals surface area contributed by atoms with E-state index in [9.17, 15) is 9.18 Å². The Kier molecular flexibility index (Phi) is 5.85. The molecule has 0 bridgehead atoms. The lowest BCUT2D eigenvalue weighted by Gasteiger charge is -2.30. The van der Waals surface area contributed by atoms with Gasteiger partial charge in [-0.3, -0.25) is 5.32 Å². The lowest BCUT2D eigenvalue weighted by atomic mass is 9.99. The number of nitrogens with zero attached hydrogens (tertiary/aromatic N) is 5. The zero-order valence-corrected chi connectivity index (χ0v) is 18.8. The molecule has 0 unspecified atom stereocenters. The van der Waals surface area contributed by atoms with Gasteiger partial charge in [-0.05, 0) is 55.8 Å². The number of urea groups is 1. The van der Waals surface area contributed by atoms with Gasteiger partial charge in [0.2, 0.25) is 5.95 Å². The molecule has 2 aromatic heterocycles. The summed E-state index contributed by atoms with van der Waals surface area (Å²) in [4.78, 5) is 32.1. The topological polar surface area (TPSA) is 93.1 Å². The fourth-order valence-corrected chi connectivity index (χ4v) is 4.01. The Hall–Kier alpha value is -3.98. The summed E-state index contributed by atoms with van der Waals surface area (Å²) in [6.45, 7) is 5.33. The van der Waals surface area contributed by atoms with Gasteiger partial charge in [0.05, 0.1) is 23.9 Å². The van der Waals surface area contributed by atoms with Crippen LogP contribution in [0.25, 0.3) is 33.3 Å². The van der Waals surface area contributed by atoms with Crippen LogP contribution < -0.4 is 5.32 Å². The van der Waals surface area contributed by atoms with Gasteiger partial charge >= 0.3 is 6.03 Å². The molecule has 2 amide bonds. The van der Waals surface area contributed by atoms with Crippen molar-refractivity contribution < 1.29 is 13.9 Å². The van der Waals surface area contributed by atoms with E-state index in [0.29, 0.717) is 31.0 Å². The molecule has 1 aliphatic heterocycles. The number of aromatic nitrogens is 4. The van der Waals surface area contributed by atoms with Gasteiger partial charge in [0, 0.05) is 41.5 Å². The maximum absolute atomic E-state index is 13.6. The van der Waals surface area contributed by atoms with E-state index < -0.39 is 0 Å². The summed E-state index contributed by atoms with van der Waals surface area (Å²) in [6, 6.07) is 11.6. The predicted molar refractivity (Wildman–Crippen MR) is 127 cm³/mol. The van der Waals surface area contributed by atoms with E-state index in [4.69, 9.17) is 4.74 Å². The van der Waals surface area contributed by atoms with Crippen molar-refractivity contribution in [2.45, 2.75) is 20.0 Å². The second-order valence-corrected chi connectivity index (χ2v) is 8.21. The van der Waals surface area contributed by atoms with Crippen LogP contribution in [0.2, 0.25) is 0 Å². The molecule has 1 fully saturated rings. The number of carbonyl (C=O) groups excluding carboxylic acids is 1. The van der Waals surface area contributed by atoms with Gasteiger partial charge in [0.15, 0.2) is 0 Å². The molecule has 2 aromatic carbocycles. The number of aryl methyl sites for hydroxylation is 1. The first-order chi connectivity index (χ1) is 16.5. The number of halogens is 1. The summed E-state index contributed by atoms with van der Waals surface area (Å²) in [5.41, 5.74) is 4.59. The molecule has 1 aliphatic rings. The highest BCUT2D eigenvalue weighted by molar-refractivity contribution is 5.91. The van der Waals surface area contributed by atoms with Crippen LogP contribution in [0.15, 0.2) is 55.0 Å². The minimum Gasteiger partial charge on any atom is -0.375 e. The van der Waals surface area contributed by atoms with Gasteiger partial charge in [-0.2, -0.15) is 0 Å². The quantitative estimate of drug-likeness (QED) is 0.487. The molecule has 0 spiro atoms. The summed E-state index contributed by atoms with van der Waals surface area (Å²) in [5, 5.41) is 3.71. The first kappa shape index (κ1) is 21.8. The minimum absolute atomic E-state index is 0.0297. The number of morpholine rings is 1. The predicted octanol–water partition coefficient (Wildman–Crippen LogP) is 4.45. The van der Waals surface area contributed by atoms with Crippen molar-refractivity contribution in [2.75, 3.05) is 25.0 Å². The Labute approximate surface area is 195 Å². The summed E-state index contributed by atoms with van der Waals surface area (Å²) >= 11 is 0. The molecule has 1 saturated heterocycles. The molecule has 0 aliphatic carbocycles.